The van der Waals surface area contributed by atoms with Gasteiger partial charge in [0.25, 0.3) is 0 Å². The summed E-state index contributed by atoms with van der Waals surface area (Å²) in [6.07, 6.45) is 0. The molecule has 0 atom stereocenters. The van der Waals surface area contributed by atoms with Crippen LogP contribution >= 0.6 is 54.7 Å². The maximum atomic E-state index is 12.5. The van der Waals surface area contributed by atoms with E-state index in [9.17, 15) is 14.2 Å². The number of hydrogen-bond donors (Lipinski definition) is 0. The lowest BCUT2D eigenvalue weighted by molar-refractivity contribution is -0.134. The summed E-state index contributed by atoms with van der Waals surface area (Å²) in [5, 5.41) is 1.29. The molecule has 0 bridgehead atoms. The van der Waals surface area contributed by atoms with Gasteiger partial charge in [-0.2, -0.15) is 0 Å². The Morgan fingerprint density at radius 1 is 0.735 bits per heavy atom. The molecular weight excluding hydrogens is 549 g/mol. The molecule has 0 aliphatic rings. The van der Waals surface area contributed by atoms with E-state index in [1.165, 1.54) is 52.0 Å². The van der Waals surface area contributed by atoms with Gasteiger partial charge in [0, 0.05) is 14.6 Å². The van der Waals surface area contributed by atoms with Crippen molar-refractivity contribution in [2.75, 3.05) is 13.2 Å². The molecule has 12 heteroatoms. The third-order valence-electron chi connectivity index (χ3n) is 4.46. The summed E-state index contributed by atoms with van der Waals surface area (Å²) in [4.78, 5) is 25.0. The Kier molecular flexibility index (Phi) is 10.2. The summed E-state index contributed by atoms with van der Waals surface area (Å²) in [7, 11) is -2.77. The Hall–Kier alpha value is -1.44. The second kappa shape index (κ2) is 12.0. The molecule has 0 aliphatic carbocycles. The smallest absolute Gasteiger partial charge is 0.478 e. The molecule has 2 aromatic carbocycles. The van der Waals surface area contributed by atoms with E-state index in [0.717, 1.165) is 0 Å². The second-order valence-electron chi connectivity index (χ2n) is 7.99. The summed E-state index contributed by atoms with van der Waals surface area (Å²) in [5.41, 5.74) is -2.70. The largest absolute Gasteiger partial charge is 0.698 e. The Labute approximate surface area is 218 Å². The van der Waals surface area contributed by atoms with Crippen molar-refractivity contribution < 1.29 is 32.7 Å². The van der Waals surface area contributed by atoms with Gasteiger partial charge in [-0.05, 0) is 64.1 Å². The standard InChI is InChI=1S/C22H22Cl4O7P/c1-21(2,32-17-7-5-13(23)9-15(17)25)19(27)11-30-34(29)31-12-20(28)22(3,4)33-18-8-6-14(24)10-16(18)26/h5-10H,11-12H2,1-4H3/q+1. The maximum Gasteiger partial charge on any atom is 0.698 e. The van der Waals surface area contributed by atoms with Crippen molar-refractivity contribution in [2.24, 2.45) is 0 Å². The van der Waals surface area contributed by atoms with Crippen LogP contribution in [-0.4, -0.2) is 36.0 Å². The van der Waals surface area contributed by atoms with Crippen molar-refractivity contribution in [2.45, 2.75) is 38.9 Å². The molecule has 184 valence electrons. The van der Waals surface area contributed by atoms with Crippen LogP contribution in [0.5, 0.6) is 11.5 Å². The molecule has 7 nitrogen and oxygen atoms in total. The van der Waals surface area contributed by atoms with E-state index in [2.05, 4.69) is 0 Å². The highest BCUT2D eigenvalue weighted by Crippen LogP contribution is 2.33. The molecule has 34 heavy (non-hydrogen) atoms. The van der Waals surface area contributed by atoms with E-state index < -0.39 is 44.2 Å². The molecular formula is C22H22Cl4O7P+. The van der Waals surface area contributed by atoms with Crippen LogP contribution in [-0.2, 0) is 23.2 Å². The zero-order valence-electron chi connectivity index (χ0n) is 18.7. The lowest BCUT2D eigenvalue weighted by Gasteiger charge is -2.25. The third kappa shape index (κ3) is 8.35. The van der Waals surface area contributed by atoms with E-state index in [4.69, 9.17) is 64.9 Å². The van der Waals surface area contributed by atoms with E-state index in [1.54, 1.807) is 12.1 Å². The molecule has 0 saturated heterocycles. The Balaban J connectivity index is 1.85. The van der Waals surface area contributed by atoms with Crippen LogP contribution in [0.2, 0.25) is 20.1 Å². The van der Waals surface area contributed by atoms with Gasteiger partial charge < -0.3 is 9.47 Å². The highest BCUT2D eigenvalue weighted by molar-refractivity contribution is 7.33. The van der Waals surface area contributed by atoms with Crippen molar-refractivity contribution in [3.05, 3.63) is 56.5 Å². The normalized spacial score (nSPS) is 11.8. The fourth-order valence-corrected chi connectivity index (χ4v) is 3.80. The number of ether oxygens (including phenoxy) is 2. The van der Waals surface area contributed by atoms with Gasteiger partial charge in [-0.1, -0.05) is 46.4 Å². The number of ketones is 2. The highest BCUT2D eigenvalue weighted by atomic mass is 35.5. The number of halogens is 4. The highest BCUT2D eigenvalue weighted by Gasteiger charge is 2.37. The molecule has 0 fully saturated rings. The minimum Gasteiger partial charge on any atom is -0.478 e. The van der Waals surface area contributed by atoms with Crippen molar-refractivity contribution >= 4 is 66.2 Å². The number of carbonyl (C=O) groups excluding carboxylic acids is 2. The molecule has 2 rings (SSSR count). The fraction of sp³-hybridized carbons (Fsp3) is 0.364. The van der Waals surface area contributed by atoms with Gasteiger partial charge in [0.2, 0.25) is 11.6 Å². The van der Waals surface area contributed by atoms with Gasteiger partial charge in [0.15, 0.2) is 24.4 Å². The van der Waals surface area contributed by atoms with Crippen molar-refractivity contribution in [1.82, 2.24) is 0 Å². The van der Waals surface area contributed by atoms with Crippen LogP contribution in [0, 0.1) is 0 Å². The van der Waals surface area contributed by atoms with Crippen LogP contribution in [0.25, 0.3) is 0 Å². The zero-order valence-corrected chi connectivity index (χ0v) is 22.6. The average molecular weight is 571 g/mol. The molecule has 0 aliphatic heterocycles. The van der Waals surface area contributed by atoms with Gasteiger partial charge in [0.05, 0.1) is 10.0 Å². The fourth-order valence-electron chi connectivity index (χ4n) is 2.39. The minimum absolute atomic E-state index is 0.229. The van der Waals surface area contributed by atoms with Gasteiger partial charge in [-0.25, -0.2) is 0 Å². The number of hydrogen-bond acceptors (Lipinski definition) is 7. The second-order valence-corrected chi connectivity index (χ2v) is 10.6. The van der Waals surface area contributed by atoms with Gasteiger partial charge in [0.1, 0.15) is 11.5 Å². The predicted octanol–water partition coefficient (Wildman–Crippen LogP) is 7.14. The molecule has 0 heterocycles. The Morgan fingerprint density at radius 2 is 1.09 bits per heavy atom. The Bertz CT molecular complexity index is 1010. The lowest BCUT2D eigenvalue weighted by atomic mass is 10.0. The topological polar surface area (TPSA) is 88.1 Å². The number of carbonyl (C=O) groups is 2. The monoisotopic (exact) mass is 569 g/mol. The van der Waals surface area contributed by atoms with Crippen LogP contribution in [0.4, 0.5) is 0 Å². The van der Waals surface area contributed by atoms with Crippen LogP contribution in [0.1, 0.15) is 27.7 Å². The number of benzene rings is 2. The van der Waals surface area contributed by atoms with Gasteiger partial charge in [-0.3, -0.25) is 9.59 Å². The summed E-state index contributed by atoms with van der Waals surface area (Å²) < 4.78 is 33.3. The molecule has 0 amide bonds. The summed E-state index contributed by atoms with van der Waals surface area (Å²) in [6.45, 7) is 4.85. The molecule has 0 radical (unpaired) electrons. The van der Waals surface area contributed by atoms with E-state index >= 15 is 0 Å². The molecule has 2 aromatic rings. The first-order valence-corrected chi connectivity index (χ1v) is 12.4. The van der Waals surface area contributed by atoms with E-state index in [-0.39, 0.29) is 21.5 Å². The summed E-state index contributed by atoms with van der Waals surface area (Å²) >= 11 is 23.8. The summed E-state index contributed by atoms with van der Waals surface area (Å²) in [5.74, 6) is -0.562. The van der Waals surface area contributed by atoms with Crippen LogP contribution in [0.3, 0.4) is 0 Å². The molecule has 0 spiro atoms. The minimum atomic E-state index is -2.77. The third-order valence-corrected chi connectivity index (χ3v) is 6.20. The van der Waals surface area contributed by atoms with E-state index in [0.29, 0.717) is 10.0 Å². The first-order valence-electron chi connectivity index (χ1n) is 9.79. The Morgan fingerprint density at radius 3 is 1.41 bits per heavy atom. The molecule has 0 unspecified atom stereocenters. The molecule has 0 N–H and O–H groups in total. The zero-order chi connectivity index (χ0) is 25.7. The van der Waals surface area contributed by atoms with Gasteiger partial charge >= 0.3 is 8.25 Å². The molecule has 0 aromatic heterocycles. The first kappa shape index (κ1) is 28.8. The quantitative estimate of drug-likeness (QED) is 0.250. The summed E-state index contributed by atoms with van der Waals surface area (Å²) in [6, 6.07) is 9.13. The van der Waals surface area contributed by atoms with Crippen molar-refractivity contribution in [1.29, 1.82) is 0 Å². The lowest BCUT2D eigenvalue weighted by Crippen LogP contribution is -2.41. The molecule has 0 saturated carbocycles. The number of rotatable bonds is 12. The van der Waals surface area contributed by atoms with Crippen molar-refractivity contribution in [3.8, 4) is 11.5 Å². The van der Waals surface area contributed by atoms with Crippen LogP contribution in [0.15, 0.2) is 36.4 Å². The first-order chi connectivity index (χ1) is 15.7. The SMILES string of the molecule is CC(C)(Oc1ccc(Cl)cc1Cl)C(=O)CO[P+](=O)OCC(=O)C(C)(C)Oc1ccc(Cl)cc1Cl. The van der Waals surface area contributed by atoms with Crippen LogP contribution < -0.4 is 9.47 Å². The van der Waals surface area contributed by atoms with Crippen molar-refractivity contribution in [3.63, 3.8) is 0 Å². The average Bonchev–Trinajstić information content (AvgIpc) is 2.74. The van der Waals surface area contributed by atoms with E-state index in [1.807, 2.05) is 0 Å². The van der Waals surface area contributed by atoms with Gasteiger partial charge in [-0.15, -0.1) is 9.05 Å². The predicted molar refractivity (Wildman–Crippen MR) is 132 cm³/mol. The maximum absolute atomic E-state index is 12.5. The number of Topliss-reactive ketones (excluding diaryl/α,β-unsaturated/α-hetero) is 2.